The lowest BCUT2D eigenvalue weighted by molar-refractivity contribution is 0.494. The minimum atomic E-state index is -0.0633. The number of ether oxygens (including phenoxy) is 1. The van der Waals surface area contributed by atoms with E-state index in [0.29, 0.717) is 0 Å². The molecule has 0 saturated carbocycles. The van der Waals surface area contributed by atoms with Crippen molar-refractivity contribution in [1.82, 2.24) is 0 Å². The third-order valence-corrected chi connectivity index (χ3v) is 16.5. The molecule has 0 spiro atoms. The molecule has 7 aromatic carbocycles. The van der Waals surface area contributed by atoms with Crippen molar-refractivity contribution in [2.24, 2.45) is 0 Å². The molecule has 9 aromatic rings. The number of hydrogen-bond donors (Lipinski definition) is 0. The van der Waals surface area contributed by atoms with Crippen LogP contribution in [0.25, 0.3) is 30.3 Å². The van der Waals surface area contributed by atoms with Crippen molar-refractivity contribution in [3.05, 3.63) is 161 Å². The first-order valence-corrected chi connectivity index (χ1v) is 25.6. The Morgan fingerprint density at radius 2 is 1.06 bits per heavy atom. The van der Waals surface area contributed by atoms with E-state index < -0.39 is 0 Å². The Balaban J connectivity index is 1.31. The average Bonchev–Trinajstić information content (AvgIpc) is 3.83. The molecule has 2 aliphatic rings. The van der Waals surface area contributed by atoms with Gasteiger partial charge in [0.25, 0.3) is 6.71 Å². The zero-order valence-corrected chi connectivity index (χ0v) is 43.0. The molecule has 0 aliphatic carbocycles. The van der Waals surface area contributed by atoms with Gasteiger partial charge in [0, 0.05) is 57.8 Å². The van der Waals surface area contributed by atoms with Crippen LogP contribution in [0.2, 0.25) is 0 Å². The average molecular weight is 913 g/mol. The summed E-state index contributed by atoms with van der Waals surface area (Å²) in [5.74, 6) is 1.94. The van der Waals surface area contributed by atoms with Gasteiger partial charge < -0.3 is 14.5 Å². The van der Waals surface area contributed by atoms with E-state index in [2.05, 4.69) is 233 Å². The molecule has 4 heterocycles. The van der Waals surface area contributed by atoms with Gasteiger partial charge in [-0.25, -0.2) is 0 Å². The molecular formula is C61H61BN2OS2. The van der Waals surface area contributed by atoms with E-state index in [1.54, 1.807) is 0 Å². The minimum absolute atomic E-state index is 0.00112. The molecule has 0 atom stereocenters. The van der Waals surface area contributed by atoms with E-state index in [-0.39, 0.29) is 28.4 Å². The summed E-state index contributed by atoms with van der Waals surface area (Å²) >= 11 is 3.81. The number of rotatable bonds is 4. The molecule has 0 saturated heterocycles. The third-order valence-electron chi connectivity index (χ3n) is 14.2. The van der Waals surface area contributed by atoms with Crippen molar-refractivity contribution in [2.45, 2.75) is 112 Å². The van der Waals surface area contributed by atoms with Gasteiger partial charge in [0.15, 0.2) is 0 Å². The van der Waals surface area contributed by atoms with Gasteiger partial charge >= 0.3 is 0 Å². The lowest BCUT2D eigenvalue weighted by Crippen LogP contribution is -2.58. The summed E-state index contributed by atoms with van der Waals surface area (Å²) in [6.45, 7) is 29.8. The summed E-state index contributed by atoms with van der Waals surface area (Å²) in [6.07, 6.45) is 0. The highest BCUT2D eigenvalue weighted by atomic mass is 32.1. The maximum atomic E-state index is 7.29. The number of fused-ring (bicyclic) bond motifs is 9. The van der Waals surface area contributed by atoms with E-state index >= 15 is 0 Å². The van der Waals surface area contributed by atoms with Crippen molar-refractivity contribution < 1.29 is 4.74 Å². The fourth-order valence-corrected chi connectivity index (χ4v) is 12.8. The number of nitrogens with zero attached hydrogens (tertiary/aromatic N) is 2. The normalized spacial score (nSPS) is 13.8. The molecule has 0 N–H and O–H groups in total. The Hall–Kier alpha value is -5.82. The first kappa shape index (κ1) is 43.7. The van der Waals surface area contributed by atoms with Crippen molar-refractivity contribution in [3.63, 3.8) is 0 Å². The van der Waals surface area contributed by atoms with Gasteiger partial charge in [0.05, 0.1) is 11.4 Å². The zero-order chi connectivity index (χ0) is 47.1. The summed E-state index contributed by atoms with van der Waals surface area (Å²) < 4.78 is 12.4. The van der Waals surface area contributed by atoms with Crippen LogP contribution in [0, 0.1) is 6.92 Å². The highest BCUT2D eigenvalue weighted by Gasteiger charge is 2.46. The fourth-order valence-electron chi connectivity index (χ4n) is 10.4. The molecule has 3 nitrogen and oxygen atoms in total. The van der Waals surface area contributed by atoms with Crippen LogP contribution in [-0.4, -0.2) is 6.71 Å². The van der Waals surface area contributed by atoms with Crippen LogP contribution in [0.15, 0.2) is 133 Å². The Morgan fingerprint density at radius 1 is 0.522 bits per heavy atom. The highest BCUT2D eigenvalue weighted by molar-refractivity contribution is 7.33. The molecule has 0 fully saturated rings. The standard InChI is InChI=1S/C61H61BN2OS2/c1-36-32-47-53-48(33-36)65-56-45-34-40(61(11,12)13)24-31-50(45)67-57(56)62(53)46-35-51-52(44-16-14-15-17-49(44)66-51)55(54(46)64(47)43-29-22-39(23-30-43)60(8,9)10)63(41-25-18-37(19-26-41)58(2,3)4)42-27-20-38(21-28-42)59(5,6)7/h14-35H,1-13H3. The maximum absolute atomic E-state index is 7.29. The second-order valence-corrected chi connectivity index (χ2v) is 25.4. The molecule has 2 aromatic heterocycles. The van der Waals surface area contributed by atoms with Gasteiger partial charge in [-0.1, -0.05) is 144 Å². The first-order valence-electron chi connectivity index (χ1n) is 23.9. The van der Waals surface area contributed by atoms with E-state index in [1.165, 1.54) is 90.8 Å². The van der Waals surface area contributed by atoms with Crippen LogP contribution in [0.4, 0.5) is 34.1 Å². The Bertz CT molecular complexity index is 3360. The van der Waals surface area contributed by atoms with Crippen LogP contribution in [0.3, 0.4) is 0 Å². The van der Waals surface area contributed by atoms with Crippen molar-refractivity contribution >= 4 is 109 Å². The number of hydrogen-bond acceptors (Lipinski definition) is 5. The summed E-state index contributed by atoms with van der Waals surface area (Å²) in [5, 5.41) is 3.74. The van der Waals surface area contributed by atoms with Crippen molar-refractivity contribution in [3.8, 4) is 11.5 Å². The minimum Gasteiger partial charge on any atom is -0.457 e. The third kappa shape index (κ3) is 7.20. The number of benzene rings is 7. The Morgan fingerprint density at radius 3 is 1.64 bits per heavy atom. The largest absolute Gasteiger partial charge is 0.457 e. The number of thiophene rings is 2. The lowest BCUT2D eigenvalue weighted by atomic mass is 9.36. The van der Waals surface area contributed by atoms with Crippen LogP contribution >= 0.6 is 22.7 Å². The van der Waals surface area contributed by atoms with Gasteiger partial charge in [0.1, 0.15) is 11.5 Å². The Labute approximate surface area is 406 Å². The predicted octanol–water partition coefficient (Wildman–Crippen LogP) is 16.6. The molecule has 0 radical (unpaired) electrons. The summed E-state index contributed by atoms with van der Waals surface area (Å²) in [6, 6.07) is 51.4. The quantitative estimate of drug-likeness (QED) is 0.164. The number of anilines is 6. The van der Waals surface area contributed by atoms with Crippen molar-refractivity contribution in [1.29, 1.82) is 0 Å². The molecule has 0 bridgehead atoms. The second kappa shape index (κ2) is 15.1. The SMILES string of the molecule is Cc1cc2c3c(c1)N(c1ccc(C(C)(C)C)cc1)c1c(cc4sc5ccccc5c4c1N(c1ccc(C(C)(C)C)cc1)c1ccc(C(C)(C)C)cc1)B3c1sc3ccc(C(C)(C)C)cc3c1O2. The molecular weight excluding hydrogens is 852 g/mol. The fraction of sp³-hybridized carbons (Fsp3) is 0.279. The molecule has 6 heteroatoms. The molecule has 11 rings (SSSR count). The summed E-state index contributed by atoms with van der Waals surface area (Å²) in [5.41, 5.74) is 15.9. The van der Waals surface area contributed by atoms with Gasteiger partial charge in [-0.2, -0.15) is 0 Å². The highest BCUT2D eigenvalue weighted by Crippen LogP contribution is 2.55. The van der Waals surface area contributed by atoms with E-state index in [0.717, 1.165) is 28.6 Å². The predicted molar refractivity (Wildman–Crippen MR) is 295 cm³/mol. The van der Waals surface area contributed by atoms with Crippen LogP contribution in [0.5, 0.6) is 11.5 Å². The maximum Gasteiger partial charge on any atom is 0.269 e. The second-order valence-electron chi connectivity index (χ2n) is 23.2. The van der Waals surface area contributed by atoms with Crippen molar-refractivity contribution in [2.75, 3.05) is 9.80 Å². The van der Waals surface area contributed by atoms with Gasteiger partial charge in [-0.15, -0.1) is 22.7 Å². The Kier molecular flexibility index (Phi) is 9.85. The van der Waals surface area contributed by atoms with Gasteiger partial charge in [-0.05, 0) is 140 Å². The van der Waals surface area contributed by atoms with Crippen LogP contribution < -0.4 is 30.2 Å². The molecule has 336 valence electrons. The van der Waals surface area contributed by atoms with E-state index in [9.17, 15) is 0 Å². The summed E-state index contributed by atoms with van der Waals surface area (Å²) in [7, 11) is 0. The lowest BCUT2D eigenvalue weighted by Gasteiger charge is -2.42. The van der Waals surface area contributed by atoms with E-state index in [4.69, 9.17) is 4.74 Å². The van der Waals surface area contributed by atoms with Crippen LogP contribution in [0.1, 0.15) is 111 Å². The smallest absolute Gasteiger partial charge is 0.269 e. The van der Waals surface area contributed by atoms with Crippen LogP contribution in [-0.2, 0) is 21.7 Å². The molecule has 0 unspecified atom stereocenters. The van der Waals surface area contributed by atoms with Gasteiger partial charge in [-0.3, -0.25) is 0 Å². The number of aryl methyl sites for hydroxylation is 1. The zero-order valence-electron chi connectivity index (χ0n) is 41.4. The molecule has 2 aliphatic heterocycles. The van der Waals surface area contributed by atoms with Gasteiger partial charge in [0.2, 0.25) is 0 Å². The molecule has 67 heavy (non-hydrogen) atoms. The first-order chi connectivity index (χ1) is 31.6. The summed E-state index contributed by atoms with van der Waals surface area (Å²) in [4.78, 5) is 5.17. The monoisotopic (exact) mass is 912 g/mol. The molecule has 0 amide bonds. The topological polar surface area (TPSA) is 15.7 Å². The van der Waals surface area contributed by atoms with E-state index in [1.807, 2.05) is 22.7 Å².